The van der Waals surface area contributed by atoms with Crippen LogP contribution in [0.3, 0.4) is 0 Å². The Hall–Kier alpha value is -1.19. The Morgan fingerprint density at radius 3 is 2.25 bits per heavy atom. The third kappa shape index (κ3) is 5.43. The van der Waals surface area contributed by atoms with E-state index in [1.165, 1.54) is 5.56 Å². The molecule has 5 heteroatoms. The van der Waals surface area contributed by atoms with Crippen molar-refractivity contribution in [2.24, 2.45) is 0 Å². The monoisotopic (exact) mass is 307 g/mol. The van der Waals surface area contributed by atoms with Crippen molar-refractivity contribution in [2.45, 2.75) is 12.8 Å². The molecule has 20 heavy (non-hydrogen) atoms. The second-order valence-corrected chi connectivity index (χ2v) is 7.45. The Kier molecular flexibility index (Phi) is 5.74. The van der Waals surface area contributed by atoms with Crippen LogP contribution in [0.25, 0.3) is 0 Å². The molecule has 2 aromatic carbocycles. The summed E-state index contributed by atoms with van der Waals surface area (Å²) >= 11 is 5.09. The van der Waals surface area contributed by atoms with E-state index in [4.69, 9.17) is 16.3 Å². The lowest BCUT2D eigenvalue weighted by molar-refractivity contribution is 0.464. The molecular formula is C15H18NO2PS. The van der Waals surface area contributed by atoms with Crippen molar-refractivity contribution in [1.29, 1.82) is 0 Å². The van der Waals surface area contributed by atoms with E-state index in [1.807, 2.05) is 36.4 Å². The summed E-state index contributed by atoms with van der Waals surface area (Å²) in [5.41, 5.74) is 1.28. The van der Waals surface area contributed by atoms with Gasteiger partial charge >= 0.3 is 6.64 Å². The molecule has 1 unspecified atom stereocenters. The van der Waals surface area contributed by atoms with E-state index in [-0.39, 0.29) is 0 Å². The zero-order valence-electron chi connectivity index (χ0n) is 11.1. The normalized spacial score (nSPS) is 13.7. The lowest BCUT2D eigenvalue weighted by atomic mass is 10.1. The van der Waals surface area contributed by atoms with Crippen molar-refractivity contribution in [2.75, 3.05) is 6.54 Å². The van der Waals surface area contributed by atoms with Gasteiger partial charge in [-0.1, -0.05) is 48.5 Å². The lowest BCUT2D eigenvalue weighted by Gasteiger charge is -2.17. The smallest absolute Gasteiger partial charge is 0.310 e. The van der Waals surface area contributed by atoms with E-state index in [2.05, 4.69) is 17.2 Å². The molecule has 0 aliphatic rings. The highest BCUT2D eigenvalue weighted by Crippen LogP contribution is 2.38. The minimum Gasteiger partial charge on any atom is -0.433 e. The molecule has 0 radical (unpaired) electrons. The van der Waals surface area contributed by atoms with Crippen LogP contribution in [0.1, 0.15) is 12.0 Å². The van der Waals surface area contributed by atoms with Gasteiger partial charge in [-0.25, -0.2) is 5.09 Å². The van der Waals surface area contributed by atoms with E-state index in [0.29, 0.717) is 12.3 Å². The first kappa shape index (κ1) is 15.2. The molecule has 0 bridgehead atoms. The van der Waals surface area contributed by atoms with E-state index in [9.17, 15) is 4.89 Å². The third-order valence-corrected chi connectivity index (χ3v) is 4.46. The van der Waals surface area contributed by atoms with Gasteiger partial charge in [-0.3, -0.25) is 0 Å². The summed E-state index contributed by atoms with van der Waals surface area (Å²) in [5.74, 6) is 0.592. The molecular weight excluding hydrogens is 289 g/mol. The number of rotatable bonds is 7. The highest BCUT2D eigenvalue weighted by molar-refractivity contribution is 8.08. The van der Waals surface area contributed by atoms with Crippen LogP contribution in [0, 0.1) is 0 Å². The fourth-order valence-electron chi connectivity index (χ4n) is 1.81. The molecule has 0 amide bonds. The summed E-state index contributed by atoms with van der Waals surface area (Å²) in [7, 11) is 0. The van der Waals surface area contributed by atoms with Crippen LogP contribution in [-0.4, -0.2) is 11.4 Å². The predicted octanol–water partition coefficient (Wildman–Crippen LogP) is 3.50. The SMILES string of the molecule is OP(=S)(NCCCc1ccccc1)Oc1ccccc1. The highest BCUT2D eigenvalue weighted by Gasteiger charge is 2.13. The molecule has 106 valence electrons. The van der Waals surface area contributed by atoms with E-state index >= 15 is 0 Å². The summed E-state index contributed by atoms with van der Waals surface area (Å²) in [6.45, 7) is -2.32. The van der Waals surface area contributed by atoms with Crippen LogP contribution < -0.4 is 9.61 Å². The van der Waals surface area contributed by atoms with Gasteiger partial charge in [0.1, 0.15) is 5.75 Å². The number of aryl methyl sites for hydroxylation is 1. The number of hydrogen-bond donors (Lipinski definition) is 2. The van der Waals surface area contributed by atoms with Crippen LogP contribution in [0.4, 0.5) is 0 Å². The average molecular weight is 307 g/mol. The summed E-state index contributed by atoms with van der Waals surface area (Å²) in [6, 6.07) is 19.4. The molecule has 0 spiro atoms. The molecule has 0 heterocycles. The van der Waals surface area contributed by atoms with Crippen LogP contribution in [0.5, 0.6) is 5.75 Å². The van der Waals surface area contributed by atoms with E-state index < -0.39 is 6.64 Å². The Morgan fingerprint density at radius 2 is 1.60 bits per heavy atom. The first-order valence-corrected chi connectivity index (χ1v) is 9.19. The minimum atomic E-state index is -2.95. The van der Waals surface area contributed by atoms with E-state index in [1.54, 1.807) is 12.1 Å². The van der Waals surface area contributed by atoms with Gasteiger partial charge < -0.3 is 9.42 Å². The Balaban J connectivity index is 1.74. The topological polar surface area (TPSA) is 41.5 Å². The van der Waals surface area contributed by atoms with Gasteiger partial charge in [-0.2, -0.15) is 0 Å². The molecule has 2 aromatic rings. The summed E-state index contributed by atoms with van der Waals surface area (Å²) in [5, 5.41) is 2.94. The number of para-hydroxylation sites is 1. The second kappa shape index (κ2) is 7.55. The first-order valence-electron chi connectivity index (χ1n) is 6.52. The van der Waals surface area contributed by atoms with Gasteiger partial charge in [-0.15, -0.1) is 0 Å². The number of nitrogens with one attached hydrogen (secondary N) is 1. The third-order valence-electron chi connectivity index (χ3n) is 2.77. The van der Waals surface area contributed by atoms with Crippen LogP contribution in [0.15, 0.2) is 60.7 Å². The van der Waals surface area contributed by atoms with Gasteiger partial charge in [-0.05, 0) is 42.3 Å². The van der Waals surface area contributed by atoms with Gasteiger partial charge in [0.25, 0.3) is 0 Å². The quantitative estimate of drug-likeness (QED) is 0.607. The van der Waals surface area contributed by atoms with Crippen LogP contribution in [0.2, 0.25) is 0 Å². The second-order valence-electron chi connectivity index (χ2n) is 4.42. The lowest BCUT2D eigenvalue weighted by Crippen LogP contribution is -2.15. The van der Waals surface area contributed by atoms with Crippen molar-refractivity contribution in [3.8, 4) is 5.75 Å². The predicted molar refractivity (Wildman–Crippen MR) is 86.3 cm³/mol. The standard InChI is InChI=1S/C15H18NO2PS/c17-19(20,18-15-11-5-2-6-12-15)16-13-7-10-14-8-3-1-4-9-14/h1-6,8-9,11-12H,7,10,13H2,(H2,16,17,20). The van der Waals surface area contributed by atoms with Crippen molar-refractivity contribution < 1.29 is 9.42 Å². The fourth-order valence-corrected chi connectivity index (χ4v) is 3.26. The summed E-state index contributed by atoms with van der Waals surface area (Å²) < 4.78 is 5.42. The van der Waals surface area contributed by atoms with Gasteiger partial charge in [0.15, 0.2) is 0 Å². The van der Waals surface area contributed by atoms with Crippen LogP contribution >= 0.6 is 6.64 Å². The molecule has 3 nitrogen and oxygen atoms in total. The van der Waals surface area contributed by atoms with Crippen LogP contribution in [-0.2, 0) is 18.2 Å². The van der Waals surface area contributed by atoms with Gasteiger partial charge in [0, 0.05) is 6.54 Å². The number of benzene rings is 2. The number of hydrogen-bond acceptors (Lipinski definition) is 2. The average Bonchev–Trinajstić information content (AvgIpc) is 2.45. The molecule has 0 aliphatic carbocycles. The maximum absolute atomic E-state index is 10.1. The first-order chi connectivity index (χ1) is 9.66. The fraction of sp³-hybridized carbons (Fsp3) is 0.200. The summed E-state index contributed by atoms with van der Waals surface area (Å²) in [6.07, 6.45) is 1.86. The van der Waals surface area contributed by atoms with Gasteiger partial charge in [0.05, 0.1) is 0 Å². The van der Waals surface area contributed by atoms with Crippen molar-refractivity contribution in [3.05, 3.63) is 66.2 Å². The largest absolute Gasteiger partial charge is 0.433 e. The maximum Gasteiger partial charge on any atom is 0.310 e. The molecule has 0 saturated carbocycles. The molecule has 2 N–H and O–H groups in total. The maximum atomic E-state index is 10.1. The van der Waals surface area contributed by atoms with Gasteiger partial charge in [0.2, 0.25) is 0 Å². The molecule has 2 rings (SSSR count). The molecule has 0 saturated heterocycles. The molecule has 0 aromatic heterocycles. The summed E-state index contributed by atoms with van der Waals surface area (Å²) in [4.78, 5) is 10.1. The van der Waals surface area contributed by atoms with Crippen molar-refractivity contribution in [1.82, 2.24) is 5.09 Å². The molecule has 0 aliphatic heterocycles. The zero-order chi connectivity index (χ0) is 14.3. The highest BCUT2D eigenvalue weighted by atomic mass is 32.5. The zero-order valence-corrected chi connectivity index (χ0v) is 12.8. The minimum absolute atomic E-state index is 0.592. The van der Waals surface area contributed by atoms with Crippen molar-refractivity contribution >= 4 is 18.4 Å². The Bertz CT molecular complexity index is 563. The molecule has 0 fully saturated rings. The molecule has 1 atom stereocenters. The Morgan fingerprint density at radius 1 is 1.00 bits per heavy atom. The Labute approximate surface area is 124 Å². The van der Waals surface area contributed by atoms with E-state index in [0.717, 1.165) is 12.8 Å². The van der Waals surface area contributed by atoms with Crippen molar-refractivity contribution in [3.63, 3.8) is 0 Å².